The molecule has 0 aromatic carbocycles. The Labute approximate surface area is 63.3 Å². The molecule has 1 N–H and O–H groups in total. The Bertz CT molecular complexity index is 99.4. The SMILES string of the molecule is C=CCOC(C)(C)CNC. The van der Waals surface area contributed by atoms with E-state index in [1.54, 1.807) is 6.08 Å². The van der Waals surface area contributed by atoms with Gasteiger partial charge in [0.1, 0.15) is 0 Å². The zero-order valence-electron chi connectivity index (χ0n) is 7.11. The summed E-state index contributed by atoms with van der Waals surface area (Å²) in [5.41, 5.74) is -0.0804. The molecule has 0 spiro atoms. The van der Waals surface area contributed by atoms with Crippen molar-refractivity contribution in [2.75, 3.05) is 20.2 Å². The van der Waals surface area contributed by atoms with E-state index in [2.05, 4.69) is 11.9 Å². The molecule has 60 valence electrons. The summed E-state index contributed by atoms with van der Waals surface area (Å²) in [5, 5.41) is 3.06. The van der Waals surface area contributed by atoms with Crippen LogP contribution in [0.4, 0.5) is 0 Å². The van der Waals surface area contributed by atoms with Crippen molar-refractivity contribution < 1.29 is 4.74 Å². The van der Waals surface area contributed by atoms with Crippen LogP contribution in [0.1, 0.15) is 13.8 Å². The van der Waals surface area contributed by atoms with E-state index in [1.165, 1.54) is 0 Å². The highest BCUT2D eigenvalue weighted by Crippen LogP contribution is 2.06. The summed E-state index contributed by atoms with van der Waals surface area (Å²) < 4.78 is 5.44. The first-order valence-electron chi connectivity index (χ1n) is 3.52. The highest BCUT2D eigenvalue weighted by atomic mass is 16.5. The quantitative estimate of drug-likeness (QED) is 0.584. The Morgan fingerprint density at radius 3 is 2.60 bits per heavy atom. The molecule has 0 amide bonds. The van der Waals surface area contributed by atoms with Crippen LogP contribution in [0.15, 0.2) is 12.7 Å². The minimum absolute atomic E-state index is 0.0804. The number of hydrogen-bond donors (Lipinski definition) is 1. The summed E-state index contributed by atoms with van der Waals surface area (Å²) in [4.78, 5) is 0. The molecule has 0 saturated carbocycles. The predicted molar refractivity (Wildman–Crippen MR) is 44.2 cm³/mol. The lowest BCUT2D eigenvalue weighted by molar-refractivity contribution is 0.00171. The van der Waals surface area contributed by atoms with E-state index >= 15 is 0 Å². The van der Waals surface area contributed by atoms with Crippen molar-refractivity contribution in [3.8, 4) is 0 Å². The van der Waals surface area contributed by atoms with Crippen LogP contribution in [0.2, 0.25) is 0 Å². The third-order valence-corrected chi connectivity index (χ3v) is 1.19. The normalized spacial score (nSPS) is 11.5. The van der Waals surface area contributed by atoms with E-state index in [0.717, 1.165) is 6.54 Å². The fraction of sp³-hybridized carbons (Fsp3) is 0.750. The van der Waals surface area contributed by atoms with Gasteiger partial charge in [0.15, 0.2) is 0 Å². The van der Waals surface area contributed by atoms with Crippen LogP contribution in [0.5, 0.6) is 0 Å². The molecule has 0 rings (SSSR count). The summed E-state index contributed by atoms with van der Waals surface area (Å²) in [6.07, 6.45) is 1.76. The highest BCUT2D eigenvalue weighted by molar-refractivity contribution is 4.74. The minimum atomic E-state index is -0.0804. The van der Waals surface area contributed by atoms with E-state index in [1.807, 2.05) is 20.9 Å². The molecule has 10 heavy (non-hydrogen) atoms. The van der Waals surface area contributed by atoms with Crippen molar-refractivity contribution in [3.05, 3.63) is 12.7 Å². The molecule has 0 aliphatic carbocycles. The van der Waals surface area contributed by atoms with Crippen LogP contribution < -0.4 is 5.32 Å². The Balaban J connectivity index is 3.51. The van der Waals surface area contributed by atoms with Gasteiger partial charge in [0, 0.05) is 6.54 Å². The summed E-state index contributed by atoms with van der Waals surface area (Å²) in [6.45, 7) is 9.16. The van der Waals surface area contributed by atoms with Crippen LogP contribution in [-0.2, 0) is 4.74 Å². The first kappa shape index (κ1) is 9.66. The zero-order chi connectivity index (χ0) is 8.04. The standard InChI is InChI=1S/C8H17NO/c1-5-6-10-8(2,3)7-9-4/h5,9H,1,6-7H2,2-4H3. The smallest absolute Gasteiger partial charge is 0.0754 e. The van der Waals surface area contributed by atoms with Crippen LogP contribution in [0.25, 0.3) is 0 Å². The summed E-state index contributed by atoms with van der Waals surface area (Å²) in [5.74, 6) is 0. The molecule has 0 saturated heterocycles. The van der Waals surface area contributed by atoms with E-state index in [0.29, 0.717) is 6.61 Å². The molecule has 0 heterocycles. The number of nitrogens with one attached hydrogen (secondary N) is 1. The highest BCUT2D eigenvalue weighted by Gasteiger charge is 2.15. The Hall–Kier alpha value is -0.340. The van der Waals surface area contributed by atoms with Crippen molar-refractivity contribution in [3.63, 3.8) is 0 Å². The van der Waals surface area contributed by atoms with Gasteiger partial charge in [0.2, 0.25) is 0 Å². The Kier molecular flexibility index (Phi) is 4.32. The molecule has 2 nitrogen and oxygen atoms in total. The van der Waals surface area contributed by atoms with E-state index in [9.17, 15) is 0 Å². The molecule has 0 aliphatic rings. The molecule has 0 aromatic rings. The lowest BCUT2D eigenvalue weighted by Gasteiger charge is -2.23. The maximum absolute atomic E-state index is 5.44. The van der Waals surface area contributed by atoms with Crippen molar-refractivity contribution in [2.45, 2.75) is 19.4 Å². The van der Waals surface area contributed by atoms with Gasteiger partial charge >= 0.3 is 0 Å². The fourth-order valence-corrected chi connectivity index (χ4v) is 0.761. The molecule has 0 fully saturated rings. The fourth-order valence-electron chi connectivity index (χ4n) is 0.761. The van der Waals surface area contributed by atoms with Gasteiger partial charge in [0.25, 0.3) is 0 Å². The summed E-state index contributed by atoms with van der Waals surface area (Å²) in [7, 11) is 1.92. The van der Waals surface area contributed by atoms with Gasteiger partial charge in [-0.15, -0.1) is 6.58 Å². The van der Waals surface area contributed by atoms with Crippen molar-refractivity contribution >= 4 is 0 Å². The largest absolute Gasteiger partial charge is 0.370 e. The number of hydrogen-bond acceptors (Lipinski definition) is 2. The van der Waals surface area contributed by atoms with Gasteiger partial charge in [-0.2, -0.15) is 0 Å². The van der Waals surface area contributed by atoms with Gasteiger partial charge < -0.3 is 10.1 Å². The third kappa shape index (κ3) is 4.53. The van der Waals surface area contributed by atoms with Crippen LogP contribution in [0, 0.1) is 0 Å². The summed E-state index contributed by atoms with van der Waals surface area (Å²) in [6, 6.07) is 0. The zero-order valence-corrected chi connectivity index (χ0v) is 7.11. The van der Waals surface area contributed by atoms with Crippen LogP contribution in [0.3, 0.4) is 0 Å². The molecular weight excluding hydrogens is 126 g/mol. The molecule has 2 heteroatoms. The maximum atomic E-state index is 5.44. The number of rotatable bonds is 5. The molecule has 0 atom stereocenters. The second-order valence-corrected chi connectivity index (χ2v) is 2.89. The Morgan fingerprint density at radius 1 is 1.60 bits per heavy atom. The van der Waals surface area contributed by atoms with Crippen molar-refractivity contribution in [1.29, 1.82) is 0 Å². The first-order valence-corrected chi connectivity index (χ1v) is 3.52. The van der Waals surface area contributed by atoms with Gasteiger partial charge in [-0.25, -0.2) is 0 Å². The summed E-state index contributed by atoms with van der Waals surface area (Å²) >= 11 is 0. The van der Waals surface area contributed by atoms with Crippen LogP contribution in [-0.4, -0.2) is 25.8 Å². The minimum Gasteiger partial charge on any atom is -0.370 e. The molecule has 0 aromatic heterocycles. The van der Waals surface area contributed by atoms with E-state index in [-0.39, 0.29) is 5.60 Å². The second-order valence-electron chi connectivity index (χ2n) is 2.89. The topological polar surface area (TPSA) is 21.3 Å². The van der Waals surface area contributed by atoms with Crippen molar-refractivity contribution in [1.82, 2.24) is 5.32 Å². The average molecular weight is 143 g/mol. The van der Waals surface area contributed by atoms with E-state index in [4.69, 9.17) is 4.74 Å². The van der Waals surface area contributed by atoms with Gasteiger partial charge in [-0.1, -0.05) is 6.08 Å². The number of ether oxygens (including phenoxy) is 1. The molecule has 0 radical (unpaired) electrons. The van der Waals surface area contributed by atoms with Crippen molar-refractivity contribution in [2.24, 2.45) is 0 Å². The van der Waals surface area contributed by atoms with E-state index < -0.39 is 0 Å². The molecule has 0 unspecified atom stereocenters. The Morgan fingerprint density at radius 2 is 2.20 bits per heavy atom. The van der Waals surface area contributed by atoms with Gasteiger partial charge in [0.05, 0.1) is 12.2 Å². The lowest BCUT2D eigenvalue weighted by Crippen LogP contribution is -2.35. The monoisotopic (exact) mass is 143 g/mol. The predicted octanol–water partition coefficient (Wildman–Crippen LogP) is 1.19. The average Bonchev–Trinajstić information content (AvgIpc) is 1.84. The molecule has 0 bridgehead atoms. The van der Waals surface area contributed by atoms with Gasteiger partial charge in [-0.05, 0) is 20.9 Å². The molecular formula is C8H17NO. The number of likely N-dealkylation sites (N-methyl/N-ethyl adjacent to an activating group) is 1. The second kappa shape index (κ2) is 4.47. The molecule has 0 aliphatic heterocycles. The maximum Gasteiger partial charge on any atom is 0.0754 e. The third-order valence-electron chi connectivity index (χ3n) is 1.19. The first-order chi connectivity index (χ1) is 4.62. The van der Waals surface area contributed by atoms with Gasteiger partial charge in [-0.3, -0.25) is 0 Å². The lowest BCUT2D eigenvalue weighted by atomic mass is 10.1. The van der Waals surface area contributed by atoms with Crippen LogP contribution >= 0.6 is 0 Å².